The average Bonchev–Trinajstić information content (AvgIpc) is 3.50. The summed E-state index contributed by atoms with van der Waals surface area (Å²) in [4.78, 5) is 20.1. The number of methoxy groups -OCH3 is 1. The van der Waals surface area contributed by atoms with E-state index in [-0.39, 0.29) is 24.5 Å². The van der Waals surface area contributed by atoms with Crippen molar-refractivity contribution in [2.24, 2.45) is 5.92 Å². The van der Waals surface area contributed by atoms with E-state index in [1.807, 2.05) is 46.7 Å². The molecule has 3 aromatic rings. The van der Waals surface area contributed by atoms with Gasteiger partial charge in [-0.25, -0.2) is 0 Å². The Hall–Kier alpha value is -2.91. The Labute approximate surface area is 178 Å². The van der Waals surface area contributed by atoms with Gasteiger partial charge in [0.05, 0.1) is 19.8 Å². The number of nitrogens with one attached hydrogen (secondary N) is 1. The molecular formula is C21H24N4O4S. The fourth-order valence-electron chi connectivity index (χ4n) is 3.52. The quantitative estimate of drug-likeness (QED) is 0.597. The van der Waals surface area contributed by atoms with Crippen LogP contribution in [0, 0.1) is 5.92 Å². The highest BCUT2D eigenvalue weighted by molar-refractivity contribution is 7.10. The van der Waals surface area contributed by atoms with Crippen LogP contribution in [0.15, 0.2) is 46.3 Å². The molecule has 0 bridgehead atoms. The van der Waals surface area contributed by atoms with Gasteiger partial charge in [0.1, 0.15) is 5.75 Å². The summed E-state index contributed by atoms with van der Waals surface area (Å²) in [7, 11) is 1.62. The van der Waals surface area contributed by atoms with Gasteiger partial charge in [0.25, 0.3) is 0 Å². The molecule has 0 spiro atoms. The maximum Gasteiger partial charge on any atom is 0.324 e. The highest BCUT2D eigenvalue weighted by atomic mass is 32.1. The van der Waals surface area contributed by atoms with Gasteiger partial charge in [-0.1, -0.05) is 11.2 Å². The number of carbonyl (C=O) groups excluding carboxylic acids is 1. The molecule has 1 saturated heterocycles. The standard InChI is InChI=1S/C21H24N4O4S/c1-28-16-6-4-14(5-7-16)19-23-21(29-24-19)25-10-8-15(9-11-25)20(27)22-17(13-26)18-3-2-12-30-18/h2-7,12,15,17,26H,8-11,13H2,1H3,(H,22,27). The van der Waals surface area contributed by atoms with Gasteiger partial charge in [0.2, 0.25) is 11.7 Å². The van der Waals surface area contributed by atoms with Crippen molar-refractivity contribution in [1.82, 2.24) is 15.5 Å². The second-order valence-electron chi connectivity index (χ2n) is 7.15. The maximum atomic E-state index is 12.6. The molecule has 9 heteroatoms. The first-order chi connectivity index (χ1) is 14.7. The van der Waals surface area contributed by atoms with Gasteiger partial charge in [-0.15, -0.1) is 11.3 Å². The number of ether oxygens (including phenoxy) is 1. The van der Waals surface area contributed by atoms with E-state index < -0.39 is 0 Å². The molecule has 0 saturated carbocycles. The first-order valence-electron chi connectivity index (χ1n) is 9.85. The second kappa shape index (κ2) is 9.27. The van der Waals surface area contributed by atoms with Gasteiger partial charge in [-0.05, 0) is 48.6 Å². The lowest BCUT2D eigenvalue weighted by Crippen LogP contribution is -2.42. The molecule has 8 nitrogen and oxygen atoms in total. The van der Waals surface area contributed by atoms with Crippen LogP contribution in [0.25, 0.3) is 11.4 Å². The number of aromatic nitrogens is 2. The maximum absolute atomic E-state index is 12.6. The number of hydrogen-bond acceptors (Lipinski definition) is 8. The molecule has 3 heterocycles. The van der Waals surface area contributed by atoms with Crippen LogP contribution in [0.4, 0.5) is 6.01 Å². The van der Waals surface area contributed by atoms with Crippen molar-refractivity contribution in [1.29, 1.82) is 0 Å². The molecule has 0 aliphatic carbocycles. The lowest BCUT2D eigenvalue weighted by atomic mass is 9.95. The fraction of sp³-hybridized carbons (Fsp3) is 0.381. The summed E-state index contributed by atoms with van der Waals surface area (Å²) in [5.74, 6) is 1.17. The normalized spacial score (nSPS) is 15.7. The summed E-state index contributed by atoms with van der Waals surface area (Å²) >= 11 is 1.53. The van der Waals surface area contributed by atoms with E-state index in [1.165, 1.54) is 11.3 Å². The summed E-state index contributed by atoms with van der Waals surface area (Å²) in [6, 6.07) is 11.4. The van der Waals surface area contributed by atoms with Crippen molar-refractivity contribution in [2.75, 3.05) is 31.7 Å². The third-order valence-corrected chi connectivity index (χ3v) is 6.27. The lowest BCUT2D eigenvalue weighted by molar-refractivity contribution is -0.126. The largest absolute Gasteiger partial charge is 0.497 e. The molecule has 30 heavy (non-hydrogen) atoms. The number of rotatable bonds is 7. The van der Waals surface area contributed by atoms with E-state index in [0.29, 0.717) is 37.8 Å². The minimum atomic E-state index is -0.349. The van der Waals surface area contributed by atoms with Gasteiger partial charge in [-0.2, -0.15) is 4.98 Å². The molecule has 1 fully saturated rings. The van der Waals surface area contributed by atoms with Crippen LogP contribution in [0.2, 0.25) is 0 Å². The van der Waals surface area contributed by atoms with Gasteiger partial charge in [-0.3, -0.25) is 4.79 Å². The number of aliphatic hydroxyl groups excluding tert-OH is 1. The smallest absolute Gasteiger partial charge is 0.324 e. The predicted octanol–water partition coefficient (Wildman–Crippen LogP) is 2.87. The van der Waals surface area contributed by atoms with Gasteiger partial charge >= 0.3 is 6.01 Å². The summed E-state index contributed by atoms with van der Waals surface area (Å²) in [5, 5.41) is 18.6. The highest BCUT2D eigenvalue weighted by Gasteiger charge is 2.29. The Bertz CT molecular complexity index is 950. The van der Waals surface area contributed by atoms with E-state index >= 15 is 0 Å². The zero-order chi connectivity index (χ0) is 20.9. The monoisotopic (exact) mass is 428 g/mol. The SMILES string of the molecule is COc1ccc(-c2noc(N3CCC(C(=O)NC(CO)c4cccs4)CC3)n2)cc1. The number of aliphatic hydroxyl groups is 1. The third kappa shape index (κ3) is 4.47. The van der Waals surface area contributed by atoms with Gasteiger partial charge in [0.15, 0.2) is 0 Å². The second-order valence-corrected chi connectivity index (χ2v) is 8.13. The Kier molecular flexibility index (Phi) is 6.29. The zero-order valence-electron chi connectivity index (χ0n) is 16.7. The fourth-order valence-corrected chi connectivity index (χ4v) is 4.29. The number of thiophene rings is 1. The van der Waals surface area contributed by atoms with E-state index in [1.54, 1.807) is 7.11 Å². The van der Waals surface area contributed by atoms with E-state index in [2.05, 4.69) is 15.5 Å². The molecule has 158 valence electrons. The van der Waals surface area contributed by atoms with Crippen LogP contribution in [0.3, 0.4) is 0 Å². The van der Waals surface area contributed by atoms with Crippen LogP contribution in [-0.4, -0.2) is 48.0 Å². The molecule has 1 aliphatic heterocycles. The number of amides is 1. The first-order valence-corrected chi connectivity index (χ1v) is 10.7. The molecule has 2 N–H and O–H groups in total. The zero-order valence-corrected chi connectivity index (χ0v) is 17.5. The van der Waals surface area contributed by atoms with Crippen molar-refractivity contribution in [2.45, 2.75) is 18.9 Å². The Morgan fingerprint density at radius 3 is 2.73 bits per heavy atom. The number of benzene rings is 1. The summed E-state index contributed by atoms with van der Waals surface area (Å²) in [5.41, 5.74) is 0.851. The van der Waals surface area contributed by atoms with Crippen molar-refractivity contribution in [3.63, 3.8) is 0 Å². The average molecular weight is 429 g/mol. The Morgan fingerprint density at radius 2 is 2.10 bits per heavy atom. The number of anilines is 1. The molecule has 1 unspecified atom stereocenters. The third-order valence-electron chi connectivity index (χ3n) is 5.29. The number of hydrogen-bond donors (Lipinski definition) is 2. The summed E-state index contributed by atoms with van der Waals surface area (Å²) in [6.45, 7) is 1.21. The minimum Gasteiger partial charge on any atom is -0.497 e. The molecule has 1 amide bonds. The van der Waals surface area contributed by atoms with E-state index in [4.69, 9.17) is 9.26 Å². The topological polar surface area (TPSA) is 101 Å². The molecule has 0 radical (unpaired) electrons. The van der Waals surface area contributed by atoms with Crippen LogP contribution >= 0.6 is 11.3 Å². The number of carbonyl (C=O) groups is 1. The highest BCUT2D eigenvalue weighted by Crippen LogP contribution is 2.27. The minimum absolute atomic E-state index is 0.0217. The van der Waals surface area contributed by atoms with Crippen LogP contribution in [0.1, 0.15) is 23.8 Å². The first kappa shape index (κ1) is 20.4. The van der Waals surface area contributed by atoms with Crippen molar-refractivity contribution < 1.29 is 19.2 Å². The molecular weight excluding hydrogens is 404 g/mol. The Balaban J connectivity index is 1.33. The van der Waals surface area contributed by atoms with E-state index in [0.717, 1.165) is 16.2 Å². The van der Waals surface area contributed by atoms with Crippen LogP contribution in [0.5, 0.6) is 5.75 Å². The molecule has 2 aromatic heterocycles. The Morgan fingerprint density at radius 1 is 1.33 bits per heavy atom. The lowest BCUT2D eigenvalue weighted by Gasteiger charge is -2.30. The van der Waals surface area contributed by atoms with Crippen LogP contribution < -0.4 is 15.0 Å². The molecule has 1 atom stereocenters. The number of piperidine rings is 1. The van der Waals surface area contributed by atoms with Crippen molar-refractivity contribution >= 4 is 23.3 Å². The molecule has 1 aliphatic rings. The van der Waals surface area contributed by atoms with Crippen LogP contribution in [-0.2, 0) is 4.79 Å². The van der Waals surface area contributed by atoms with E-state index in [9.17, 15) is 9.90 Å². The predicted molar refractivity (Wildman–Crippen MR) is 114 cm³/mol. The number of nitrogens with zero attached hydrogens (tertiary/aromatic N) is 3. The van der Waals surface area contributed by atoms with Gasteiger partial charge < -0.3 is 24.6 Å². The van der Waals surface area contributed by atoms with Crippen molar-refractivity contribution in [3.8, 4) is 17.1 Å². The summed E-state index contributed by atoms with van der Waals surface area (Å²) in [6.07, 6.45) is 1.38. The summed E-state index contributed by atoms with van der Waals surface area (Å²) < 4.78 is 10.6. The van der Waals surface area contributed by atoms with Gasteiger partial charge in [0, 0.05) is 29.4 Å². The van der Waals surface area contributed by atoms with Crippen molar-refractivity contribution in [3.05, 3.63) is 46.7 Å². The molecule has 4 rings (SSSR count). The molecule has 1 aromatic carbocycles.